The first-order valence-corrected chi connectivity index (χ1v) is 10.5. The molecule has 0 unspecified atom stereocenters. The number of anilines is 4. The number of hydrogen-bond donors (Lipinski definition) is 2. The van der Waals surface area contributed by atoms with Crippen molar-refractivity contribution in [1.82, 2.24) is 19.7 Å². The summed E-state index contributed by atoms with van der Waals surface area (Å²) >= 11 is 0. The predicted molar refractivity (Wildman–Crippen MR) is 122 cm³/mol. The Morgan fingerprint density at radius 2 is 1.70 bits per heavy atom. The van der Waals surface area contributed by atoms with Crippen molar-refractivity contribution in [3.8, 4) is 0 Å². The van der Waals surface area contributed by atoms with Crippen molar-refractivity contribution in [3.05, 3.63) is 64.8 Å². The molecule has 2 N–H and O–H groups in total. The molecule has 1 aliphatic rings. The molecule has 1 aliphatic carbocycles. The number of benzene rings is 2. The number of nitrogens with zero attached hydrogens (tertiary/aromatic N) is 4. The Hall–Kier alpha value is -3.41. The van der Waals surface area contributed by atoms with Gasteiger partial charge in [-0.25, -0.2) is 9.67 Å². The standard InChI is InChI=1S/C24H26N6/c1-15-7-6-8-16(2)21(15)27-22-20-14-25-24(28-23(20)30(3)29-22)26-19-12-11-17-9-4-5-10-18(17)13-19/h6-8,11-14H,4-5,9-10H2,1-3H3,(H,27,29)(H,25,26,28). The lowest BCUT2D eigenvalue weighted by atomic mass is 9.91. The number of para-hydroxylation sites is 1. The zero-order valence-corrected chi connectivity index (χ0v) is 17.7. The molecule has 0 amide bonds. The number of rotatable bonds is 4. The Balaban J connectivity index is 1.45. The summed E-state index contributed by atoms with van der Waals surface area (Å²) in [5.41, 5.74) is 8.17. The molecule has 0 radical (unpaired) electrons. The highest BCUT2D eigenvalue weighted by Crippen LogP contribution is 2.29. The first kappa shape index (κ1) is 18.6. The van der Waals surface area contributed by atoms with Crippen molar-refractivity contribution in [2.75, 3.05) is 10.6 Å². The van der Waals surface area contributed by atoms with Gasteiger partial charge in [0.2, 0.25) is 5.95 Å². The lowest BCUT2D eigenvalue weighted by molar-refractivity contribution is 0.686. The molecular formula is C24H26N6. The van der Waals surface area contributed by atoms with Crippen molar-refractivity contribution in [1.29, 1.82) is 0 Å². The fraction of sp³-hybridized carbons (Fsp3) is 0.292. The molecule has 0 aliphatic heterocycles. The Labute approximate surface area is 176 Å². The third-order valence-corrected chi connectivity index (χ3v) is 5.91. The molecule has 6 heteroatoms. The van der Waals surface area contributed by atoms with Crippen LogP contribution < -0.4 is 10.6 Å². The van der Waals surface area contributed by atoms with Crippen LogP contribution in [0.25, 0.3) is 11.0 Å². The number of aryl methyl sites for hydroxylation is 5. The summed E-state index contributed by atoms with van der Waals surface area (Å²) < 4.78 is 1.80. The van der Waals surface area contributed by atoms with Gasteiger partial charge in [-0.15, -0.1) is 0 Å². The topological polar surface area (TPSA) is 67.7 Å². The van der Waals surface area contributed by atoms with Crippen LogP contribution in [0.3, 0.4) is 0 Å². The average Bonchev–Trinajstić information content (AvgIpc) is 3.06. The van der Waals surface area contributed by atoms with Gasteiger partial charge < -0.3 is 10.6 Å². The maximum Gasteiger partial charge on any atom is 0.229 e. The summed E-state index contributed by atoms with van der Waals surface area (Å²) in [6.45, 7) is 4.19. The number of aromatic nitrogens is 4. The van der Waals surface area contributed by atoms with Crippen LogP contribution in [0.1, 0.15) is 35.1 Å². The van der Waals surface area contributed by atoms with Gasteiger partial charge in [-0.2, -0.15) is 10.1 Å². The van der Waals surface area contributed by atoms with E-state index in [1.165, 1.54) is 41.5 Å². The molecule has 5 rings (SSSR count). The summed E-state index contributed by atoms with van der Waals surface area (Å²) in [5, 5.41) is 12.4. The molecule has 2 heterocycles. The van der Waals surface area contributed by atoms with Crippen LogP contribution in [0.2, 0.25) is 0 Å². The monoisotopic (exact) mass is 398 g/mol. The lowest BCUT2D eigenvalue weighted by Crippen LogP contribution is -2.04. The van der Waals surface area contributed by atoms with Crippen molar-refractivity contribution in [3.63, 3.8) is 0 Å². The third-order valence-electron chi connectivity index (χ3n) is 5.91. The van der Waals surface area contributed by atoms with Crippen molar-refractivity contribution >= 4 is 34.2 Å². The van der Waals surface area contributed by atoms with Gasteiger partial charge in [0, 0.05) is 24.6 Å². The molecule has 2 aromatic carbocycles. The Bertz CT molecular complexity index is 1220. The van der Waals surface area contributed by atoms with E-state index >= 15 is 0 Å². The number of nitrogens with one attached hydrogen (secondary N) is 2. The molecule has 152 valence electrons. The maximum atomic E-state index is 4.73. The van der Waals surface area contributed by atoms with E-state index in [4.69, 9.17) is 4.98 Å². The molecule has 30 heavy (non-hydrogen) atoms. The fourth-order valence-corrected chi connectivity index (χ4v) is 4.26. The van der Waals surface area contributed by atoms with Gasteiger partial charge in [-0.05, 0) is 73.9 Å². The summed E-state index contributed by atoms with van der Waals surface area (Å²) in [6.07, 6.45) is 6.73. The summed E-state index contributed by atoms with van der Waals surface area (Å²) in [7, 11) is 1.91. The highest BCUT2D eigenvalue weighted by molar-refractivity contribution is 5.90. The largest absolute Gasteiger partial charge is 0.338 e. The fourth-order valence-electron chi connectivity index (χ4n) is 4.26. The molecular weight excluding hydrogens is 372 g/mol. The molecule has 0 spiro atoms. The van der Waals surface area contributed by atoms with E-state index in [-0.39, 0.29) is 0 Å². The quantitative estimate of drug-likeness (QED) is 0.485. The minimum atomic E-state index is 0.583. The van der Waals surface area contributed by atoms with E-state index in [2.05, 4.69) is 71.0 Å². The normalized spacial score (nSPS) is 13.3. The van der Waals surface area contributed by atoms with E-state index in [1.54, 1.807) is 4.68 Å². The molecule has 4 aromatic rings. The molecule has 0 fully saturated rings. The second kappa shape index (κ2) is 7.44. The summed E-state index contributed by atoms with van der Waals surface area (Å²) in [6, 6.07) is 12.8. The van der Waals surface area contributed by atoms with Crippen LogP contribution in [0.15, 0.2) is 42.6 Å². The first-order chi connectivity index (χ1) is 14.6. The third kappa shape index (κ3) is 3.38. The van der Waals surface area contributed by atoms with Crippen LogP contribution in [0, 0.1) is 13.8 Å². The van der Waals surface area contributed by atoms with Gasteiger partial charge in [0.25, 0.3) is 0 Å². The zero-order chi connectivity index (χ0) is 20.7. The molecule has 2 aromatic heterocycles. The van der Waals surface area contributed by atoms with E-state index in [0.29, 0.717) is 5.95 Å². The number of hydrogen-bond acceptors (Lipinski definition) is 5. The number of fused-ring (bicyclic) bond motifs is 2. The highest BCUT2D eigenvalue weighted by Gasteiger charge is 2.14. The minimum Gasteiger partial charge on any atom is -0.338 e. The minimum absolute atomic E-state index is 0.583. The predicted octanol–water partition coefficient (Wildman–Crippen LogP) is 5.35. The van der Waals surface area contributed by atoms with Crippen LogP contribution in [-0.2, 0) is 19.9 Å². The van der Waals surface area contributed by atoms with Crippen LogP contribution >= 0.6 is 0 Å². The van der Waals surface area contributed by atoms with Crippen LogP contribution in [0.5, 0.6) is 0 Å². The van der Waals surface area contributed by atoms with Crippen molar-refractivity contribution in [2.45, 2.75) is 39.5 Å². The molecule has 0 atom stereocenters. The van der Waals surface area contributed by atoms with E-state index in [9.17, 15) is 0 Å². The molecule has 0 bridgehead atoms. The van der Waals surface area contributed by atoms with E-state index < -0.39 is 0 Å². The van der Waals surface area contributed by atoms with Crippen LogP contribution in [-0.4, -0.2) is 19.7 Å². The molecule has 0 saturated carbocycles. The van der Waals surface area contributed by atoms with Crippen molar-refractivity contribution in [2.24, 2.45) is 7.05 Å². The molecule has 0 saturated heterocycles. The summed E-state index contributed by atoms with van der Waals surface area (Å²) in [5.74, 6) is 1.35. The van der Waals surface area contributed by atoms with Crippen molar-refractivity contribution < 1.29 is 0 Å². The second-order valence-corrected chi connectivity index (χ2v) is 8.11. The second-order valence-electron chi connectivity index (χ2n) is 8.11. The SMILES string of the molecule is Cc1cccc(C)c1Nc1nn(C)c2nc(Nc3ccc4c(c3)CCCC4)ncc12. The Kier molecular flexibility index (Phi) is 4.62. The van der Waals surface area contributed by atoms with Gasteiger partial charge in [0.05, 0.1) is 5.39 Å². The van der Waals surface area contributed by atoms with Gasteiger partial charge in [-0.3, -0.25) is 0 Å². The van der Waals surface area contributed by atoms with Gasteiger partial charge in [0.1, 0.15) is 0 Å². The van der Waals surface area contributed by atoms with E-state index in [1.807, 2.05) is 13.2 Å². The lowest BCUT2D eigenvalue weighted by Gasteiger charge is -2.16. The van der Waals surface area contributed by atoms with E-state index in [0.717, 1.165) is 34.6 Å². The molecule has 6 nitrogen and oxygen atoms in total. The van der Waals surface area contributed by atoms with Gasteiger partial charge in [0.15, 0.2) is 11.5 Å². The van der Waals surface area contributed by atoms with Crippen LogP contribution in [0.4, 0.5) is 23.1 Å². The Morgan fingerprint density at radius 1 is 0.933 bits per heavy atom. The average molecular weight is 399 g/mol. The Morgan fingerprint density at radius 3 is 2.50 bits per heavy atom. The first-order valence-electron chi connectivity index (χ1n) is 10.5. The smallest absolute Gasteiger partial charge is 0.229 e. The zero-order valence-electron chi connectivity index (χ0n) is 17.7. The van der Waals surface area contributed by atoms with Gasteiger partial charge in [-0.1, -0.05) is 24.3 Å². The van der Waals surface area contributed by atoms with Gasteiger partial charge >= 0.3 is 0 Å². The maximum absolute atomic E-state index is 4.73. The highest BCUT2D eigenvalue weighted by atomic mass is 15.3. The summed E-state index contributed by atoms with van der Waals surface area (Å²) in [4.78, 5) is 9.29.